The first-order chi connectivity index (χ1) is 9.15. The lowest BCUT2D eigenvalue weighted by molar-refractivity contribution is 0.0871. The molecule has 1 saturated carbocycles. The number of hydrogen-bond donors (Lipinski definition) is 2. The van der Waals surface area contributed by atoms with Crippen molar-refractivity contribution in [2.45, 2.75) is 45.1 Å². The van der Waals surface area contributed by atoms with E-state index in [1.54, 1.807) is 10.9 Å². The van der Waals surface area contributed by atoms with Crippen molar-refractivity contribution in [1.29, 1.82) is 0 Å². The highest BCUT2D eigenvalue weighted by Gasteiger charge is 2.27. The zero-order valence-electron chi connectivity index (χ0n) is 11.7. The lowest BCUT2D eigenvalue weighted by atomic mass is 9.85. The lowest BCUT2D eigenvalue weighted by Crippen LogP contribution is -2.43. The SMILES string of the molecule is CCc1nn(C)cc1C(=O)NC1CCCCC1CO. The van der Waals surface area contributed by atoms with Crippen LogP contribution in [0.4, 0.5) is 0 Å². The first kappa shape index (κ1) is 14.1. The zero-order valence-corrected chi connectivity index (χ0v) is 11.7. The summed E-state index contributed by atoms with van der Waals surface area (Å²) >= 11 is 0. The highest BCUT2D eigenvalue weighted by atomic mass is 16.3. The maximum absolute atomic E-state index is 12.3. The average Bonchev–Trinajstić information content (AvgIpc) is 2.80. The molecule has 0 aliphatic heterocycles. The van der Waals surface area contributed by atoms with E-state index < -0.39 is 0 Å². The maximum Gasteiger partial charge on any atom is 0.254 e. The summed E-state index contributed by atoms with van der Waals surface area (Å²) in [6.07, 6.45) is 6.73. The molecule has 19 heavy (non-hydrogen) atoms. The molecule has 0 saturated heterocycles. The second-order valence-electron chi connectivity index (χ2n) is 5.32. The number of amides is 1. The highest BCUT2D eigenvalue weighted by molar-refractivity contribution is 5.95. The summed E-state index contributed by atoms with van der Waals surface area (Å²) in [5.74, 6) is 0.134. The smallest absolute Gasteiger partial charge is 0.254 e. The van der Waals surface area contributed by atoms with Crippen LogP contribution in [0, 0.1) is 5.92 Å². The molecule has 5 heteroatoms. The van der Waals surface area contributed by atoms with E-state index in [0.29, 0.717) is 5.56 Å². The van der Waals surface area contributed by atoms with Crippen molar-refractivity contribution in [3.8, 4) is 0 Å². The topological polar surface area (TPSA) is 67.2 Å². The van der Waals surface area contributed by atoms with Gasteiger partial charge in [0, 0.05) is 31.8 Å². The van der Waals surface area contributed by atoms with Crippen LogP contribution in [-0.4, -0.2) is 33.4 Å². The molecule has 1 fully saturated rings. The first-order valence-electron chi connectivity index (χ1n) is 7.10. The van der Waals surface area contributed by atoms with Crippen LogP contribution in [-0.2, 0) is 13.5 Å². The molecule has 1 aromatic rings. The van der Waals surface area contributed by atoms with Crippen LogP contribution in [0.25, 0.3) is 0 Å². The van der Waals surface area contributed by atoms with E-state index in [2.05, 4.69) is 10.4 Å². The van der Waals surface area contributed by atoms with E-state index in [0.717, 1.165) is 37.8 Å². The molecule has 1 aromatic heterocycles. The van der Waals surface area contributed by atoms with Gasteiger partial charge in [-0.25, -0.2) is 0 Å². The minimum Gasteiger partial charge on any atom is -0.396 e. The molecule has 1 heterocycles. The highest BCUT2D eigenvalue weighted by Crippen LogP contribution is 2.24. The Balaban J connectivity index is 2.07. The van der Waals surface area contributed by atoms with E-state index >= 15 is 0 Å². The molecule has 0 bridgehead atoms. The lowest BCUT2D eigenvalue weighted by Gasteiger charge is -2.30. The quantitative estimate of drug-likeness (QED) is 0.861. The van der Waals surface area contributed by atoms with Crippen molar-refractivity contribution in [2.75, 3.05) is 6.61 Å². The third-order valence-electron chi connectivity index (χ3n) is 3.94. The number of rotatable bonds is 4. The van der Waals surface area contributed by atoms with Crippen molar-refractivity contribution < 1.29 is 9.90 Å². The number of aliphatic hydroxyl groups excluding tert-OH is 1. The third-order valence-corrected chi connectivity index (χ3v) is 3.94. The molecule has 0 aromatic carbocycles. The van der Waals surface area contributed by atoms with Crippen LogP contribution in [0.15, 0.2) is 6.20 Å². The number of aryl methyl sites for hydroxylation is 2. The summed E-state index contributed by atoms with van der Waals surface area (Å²) < 4.78 is 1.68. The number of hydrogen-bond acceptors (Lipinski definition) is 3. The number of nitrogens with zero attached hydrogens (tertiary/aromatic N) is 2. The van der Waals surface area contributed by atoms with Gasteiger partial charge in [-0.2, -0.15) is 5.10 Å². The molecule has 1 aliphatic carbocycles. The summed E-state index contributed by atoms with van der Waals surface area (Å²) in [5.41, 5.74) is 1.49. The van der Waals surface area contributed by atoms with Crippen molar-refractivity contribution >= 4 is 5.91 Å². The van der Waals surface area contributed by atoms with E-state index in [1.807, 2.05) is 14.0 Å². The monoisotopic (exact) mass is 265 g/mol. The largest absolute Gasteiger partial charge is 0.396 e. The Morgan fingerprint density at radius 1 is 1.53 bits per heavy atom. The first-order valence-corrected chi connectivity index (χ1v) is 7.10. The van der Waals surface area contributed by atoms with Gasteiger partial charge < -0.3 is 10.4 Å². The molecule has 2 N–H and O–H groups in total. The summed E-state index contributed by atoms with van der Waals surface area (Å²) in [7, 11) is 1.83. The van der Waals surface area contributed by atoms with Gasteiger partial charge in [0.25, 0.3) is 5.91 Å². The zero-order chi connectivity index (χ0) is 13.8. The molecule has 2 unspecified atom stereocenters. The van der Waals surface area contributed by atoms with Crippen molar-refractivity contribution in [3.63, 3.8) is 0 Å². The minimum absolute atomic E-state index is 0.0599. The van der Waals surface area contributed by atoms with E-state index in [4.69, 9.17) is 0 Å². The number of carbonyl (C=O) groups excluding carboxylic acids is 1. The van der Waals surface area contributed by atoms with Crippen LogP contribution >= 0.6 is 0 Å². The fraction of sp³-hybridized carbons (Fsp3) is 0.714. The van der Waals surface area contributed by atoms with Crippen molar-refractivity contribution in [3.05, 3.63) is 17.5 Å². The number of carbonyl (C=O) groups is 1. The van der Waals surface area contributed by atoms with Gasteiger partial charge in [0.2, 0.25) is 0 Å². The number of aromatic nitrogens is 2. The molecule has 106 valence electrons. The Kier molecular flexibility index (Phi) is 4.58. The molecular weight excluding hydrogens is 242 g/mol. The fourth-order valence-electron chi connectivity index (χ4n) is 2.85. The Hall–Kier alpha value is -1.36. The van der Waals surface area contributed by atoms with Crippen LogP contribution in [0.2, 0.25) is 0 Å². The molecule has 1 amide bonds. The van der Waals surface area contributed by atoms with Gasteiger partial charge in [-0.05, 0) is 19.3 Å². The summed E-state index contributed by atoms with van der Waals surface area (Å²) in [6.45, 7) is 2.15. The average molecular weight is 265 g/mol. The predicted molar refractivity (Wildman–Crippen MR) is 72.9 cm³/mol. The predicted octanol–water partition coefficient (Wildman–Crippen LogP) is 1.26. The molecule has 5 nitrogen and oxygen atoms in total. The van der Waals surface area contributed by atoms with Crippen LogP contribution in [0.1, 0.15) is 48.7 Å². The molecule has 0 spiro atoms. The van der Waals surface area contributed by atoms with Gasteiger partial charge in [-0.1, -0.05) is 19.8 Å². The van der Waals surface area contributed by atoms with Crippen molar-refractivity contribution in [2.24, 2.45) is 13.0 Å². The Labute approximate surface area is 114 Å². The van der Waals surface area contributed by atoms with Gasteiger partial charge >= 0.3 is 0 Å². The molecule has 2 atom stereocenters. The van der Waals surface area contributed by atoms with E-state index in [1.165, 1.54) is 0 Å². The standard InChI is InChI=1S/C14H23N3O2/c1-3-12-11(8-17(2)16-12)14(19)15-13-7-5-4-6-10(13)9-18/h8,10,13,18H,3-7,9H2,1-2H3,(H,15,19). The summed E-state index contributed by atoms with van der Waals surface area (Å²) in [5, 5.41) is 16.7. The Morgan fingerprint density at radius 2 is 2.26 bits per heavy atom. The van der Waals surface area contributed by atoms with Crippen LogP contribution in [0.3, 0.4) is 0 Å². The van der Waals surface area contributed by atoms with Gasteiger partial charge in [0.15, 0.2) is 0 Å². The van der Waals surface area contributed by atoms with E-state index in [-0.39, 0.29) is 24.5 Å². The fourth-order valence-corrected chi connectivity index (χ4v) is 2.85. The van der Waals surface area contributed by atoms with Gasteiger partial charge in [0.05, 0.1) is 11.3 Å². The Bertz CT molecular complexity index is 442. The van der Waals surface area contributed by atoms with Gasteiger partial charge in [-0.15, -0.1) is 0 Å². The molecular formula is C14H23N3O2. The van der Waals surface area contributed by atoms with Crippen molar-refractivity contribution in [1.82, 2.24) is 15.1 Å². The van der Waals surface area contributed by atoms with Gasteiger partial charge in [0.1, 0.15) is 0 Å². The normalized spacial score (nSPS) is 23.3. The maximum atomic E-state index is 12.3. The second kappa shape index (κ2) is 6.19. The van der Waals surface area contributed by atoms with Gasteiger partial charge in [-0.3, -0.25) is 9.48 Å². The minimum atomic E-state index is -0.0599. The Morgan fingerprint density at radius 3 is 2.95 bits per heavy atom. The second-order valence-corrected chi connectivity index (χ2v) is 5.32. The number of aliphatic hydroxyl groups is 1. The van der Waals surface area contributed by atoms with E-state index in [9.17, 15) is 9.90 Å². The molecule has 2 rings (SSSR count). The summed E-state index contributed by atoms with van der Waals surface area (Å²) in [6, 6.07) is 0.0937. The number of nitrogens with one attached hydrogen (secondary N) is 1. The third kappa shape index (κ3) is 3.15. The van der Waals surface area contributed by atoms with Crippen LogP contribution in [0.5, 0.6) is 0 Å². The molecule has 1 aliphatic rings. The van der Waals surface area contributed by atoms with Crippen LogP contribution < -0.4 is 5.32 Å². The molecule has 0 radical (unpaired) electrons. The summed E-state index contributed by atoms with van der Waals surface area (Å²) in [4.78, 5) is 12.3.